The summed E-state index contributed by atoms with van der Waals surface area (Å²) < 4.78 is 5.57. The second-order valence-electron chi connectivity index (χ2n) is 9.86. The molecule has 0 radical (unpaired) electrons. The standard InChI is InChI=1S/C26H29N5O5/c1-17-7-5-8-18-12-13-27-23(22(17)18)30(24(32)21-11-10-19(15-28-21)31(34)35)20-9-6-14-29(16-20)25(33)36-26(2,3)4/h5,7-8,10-13,15,20H,6,9,14,16H2,1-4H3/t20-/m1/s1. The number of nitro groups is 1. The van der Waals surface area contributed by atoms with E-state index in [0.29, 0.717) is 25.2 Å². The van der Waals surface area contributed by atoms with E-state index < -0.39 is 28.6 Å². The van der Waals surface area contributed by atoms with Crippen LogP contribution in [-0.4, -0.2) is 56.5 Å². The van der Waals surface area contributed by atoms with E-state index in [-0.39, 0.29) is 17.9 Å². The van der Waals surface area contributed by atoms with Gasteiger partial charge in [0.2, 0.25) is 0 Å². The first-order valence-corrected chi connectivity index (χ1v) is 11.8. The molecular formula is C26H29N5O5. The van der Waals surface area contributed by atoms with Gasteiger partial charge in [-0.2, -0.15) is 0 Å². The van der Waals surface area contributed by atoms with Crippen molar-refractivity contribution < 1.29 is 19.2 Å². The largest absolute Gasteiger partial charge is 0.444 e. The molecule has 1 atom stereocenters. The average molecular weight is 492 g/mol. The first-order chi connectivity index (χ1) is 17.0. The first-order valence-electron chi connectivity index (χ1n) is 11.8. The van der Waals surface area contributed by atoms with Crippen molar-refractivity contribution in [3.05, 3.63) is 70.2 Å². The number of pyridine rings is 2. The van der Waals surface area contributed by atoms with Crippen LogP contribution in [0.1, 0.15) is 49.7 Å². The third-order valence-electron chi connectivity index (χ3n) is 6.02. The van der Waals surface area contributed by atoms with Gasteiger partial charge in [0.25, 0.3) is 11.6 Å². The minimum Gasteiger partial charge on any atom is -0.444 e. The number of nitrogens with zero attached hydrogens (tertiary/aromatic N) is 5. The van der Waals surface area contributed by atoms with Crippen LogP contribution < -0.4 is 4.90 Å². The lowest BCUT2D eigenvalue weighted by atomic mass is 10.0. The molecule has 4 rings (SSSR count). The lowest BCUT2D eigenvalue weighted by Crippen LogP contribution is -2.53. The number of fused-ring (bicyclic) bond motifs is 1. The topological polar surface area (TPSA) is 119 Å². The molecule has 0 N–H and O–H groups in total. The molecule has 3 heterocycles. The Kier molecular flexibility index (Phi) is 6.87. The smallest absolute Gasteiger partial charge is 0.410 e. The number of anilines is 1. The number of amides is 2. The number of hydrogen-bond donors (Lipinski definition) is 0. The molecule has 1 aromatic carbocycles. The van der Waals surface area contributed by atoms with Crippen molar-refractivity contribution in [3.8, 4) is 0 Å². The van der Waals surface area contributed by atoms with E-state index >= 15 is 0 Å². The molecule has 1 saturated heterocycles. The number of benzene rings is 1. The lowest BCUT2D eigenvalue weighted by Gasteiger charge is -2.39. The quantitative estimate of drug-likeness (QED) is 0.376. The highest BCUT2D eigenvalue weighted by molar-refractivity contribution is 6.10. The number of hydrogen-bond acceptors (Lipinski definition) is 7. The average Bonchev–Trinajstić information content (AvgIpc) is 2.83. The highest BCUT2D eigenvalue weighted by Crippen LogP contribution is 2.32. The van der Waals surface area contributed by atoms with Gasteiger partial charge in [-0.15, -0.1) is 0 Å². The Morgan fingerprint density at radius 1 is 1.17 bits per heavy atom. The van der Waals surface area contributed by atoms with Gasteiger partial charge in [-0.25, -0.2) is 14.8 Å². The SMILES string of the molecule is Cc1cccc2ccnc(N(C(=O)c3ccc([N+](=O)[O-])cn3)[C@@H]3CCCN(C(=O)OC(C)(C)C)C3)c12. The van der Waals surface area contributed by atoms with Crippen molar-refractivity contribution >= 4 is 34.3 Å². The van der Waals surface area contributed by atoms with Crippen molar-refractivity contribution in [2.24, 2.45) is 0 Å². The number of carbonyl (C=O) groups is 2. The molecule has 188 valence electrons. The van der Waals surface area contributed by atoms with Crippen LogP contribution in [0.3, 0.4) is 0 Å². The Morgan fingerprint density at radius 3 is 2.61 bits per heavy atom. The van der Waals surface area contributed by atoms with Gasteiger partial charge in [0.1, 0.15) is 23.3 Å². The lowest BCUT2D eigenvalue weighted by molar-refractivity contribution is -0.385. The van der Waals surface area contributed by atoms with Crippen LogP contribution in [0.5, 0.6) is 0 Å². The number of aromatic nitrogens is 2. The molecule has 0 saturated carbocycles. The maximum Gasteiger partial charge on any atom is 0.410 e. The molecule has 1 fully saturated rings. The van der Waals surface area contributed by atoms with Crippen LogP contribution in [0.25, 0.3) is 10.8 Å². The van der Waals surface area contributed by atoms with Gasteiger partial charge in [-0.1, -0.05) is 18.2 Å². The molecule has 0 unspecified atom stereocenters. The second kappa shape index (κ2) is 9.88. The molecule has 36 heavy (non-hydrogen) atoms. The minimum atomic E-state index is -0.642. The predicted octanol–water partition coefficient (Wildman–Crippen LogP) is 4.89. The van der Waals surface area contributed by atoms with Gasteiger partial charge >= 0.3 is 6.09 Å². The fourth-order valence-corrected chi connectivity index (χ4v) is 4.41. The summed E-state index contributed by atoms with van der Waals surface area (Å²) in [6, 6.07) is 9.94. The predicted molar refractivity (Wildman–Crippen MR) is 135 cm³/mol. The monoisotopic (exact) mass is 491 g/mol. The summed E-state index contributed by atoms with van der Waals surface area (Å²) >= 11 is 0. The molecule has 0 spiro atoms. The van der Waals surface area contributed by atoms with Crippen LogP contribution >= 0.6 is 0 Å². The van der Waals surface area contributed by atoms with E-state index in [4.69, 9.17) is 4.74 Å². The zero-order valence-electron chi connectivity index (χ0n) is 20.8. The van der Waals surface area contributed by atoms with Crippen molar-refractivity contribution in [2.75, 3.05) is 18.0 Å². The number of piperidine rings is 1. The van der Waals surface area contributed by atoms with Crippen LogP contribution in [0.4, 0.5) is 16.3 Å². The van der Waals surface area contributed by atoms with Crippen molar-refractivity contribution in [3.63, 3.8) is 0 Å². The highest BCUT2D eigenvalue weighted by atomic mass is 16.6. The molecule has 2 aromatic heterocycles. The van der Waals surface area contributed by atoms with E-state index in [1.54, 1.807) is 16.0 Å². The van der Waals surface area contributed by atoms with E-state index in [2.05, 4.69) is 9.97 Å². The molecule has 1 aliphatic rings. The maximum atomic E-state index is 13.9. The maximum absolute atomic E-state index is 13.9. The Morgan fingerprint density at radius 2 is 1.94 bits per heavy atom. The van der Waals surface area contributed by atoms with Crippen molar-refractivity contribution in [1.29, 1.82) is 0 Å². The number of aryl methyl sites for hydroxylation is 1. The third-order valence-corrected chi connectivity index (χ3v) is 6.02. The summed E-state index contributed by atoms with van der Waals surface area (Å²) in [5.74, 6) is 0.0241. The molecular weight excluding hydrogens is 462 g/mol. The summed E-state index contributed by atoms with van der Waals surface area (Å²) in [5.41, 5.74) is 0.162. The normalized spacial score (nSPS) is 16.0. The molecule has 1 aliphatic heterocycles. The summed E-state index contributed by atoms with van der Waals surface area (Å²) in [7, 11) is 0. The molecule has 0 bridgehead atoms. The molecule has 2 amide bonds. The highest BCUT2D eigenvalue weighted by Gasteiger charge is 2.36. The fourth-order valence-electron chi connectivity index (χ4n) is 4.41. The van der Waals surface area contributed by atoms with Crippen LogP contribution in [0.15, 0.2) is 48.8 Å². The molecule has 3 aromatic rings. The number of likely N-dealkylation sites (tertiary alicyclic amines) is 1. The first kappa shape index (κ1) is 25.0. The summed E-state index contributed by atoms with van der Waals surface area (Å²) in [6.45, 7) is 8.17. The zero-order valence-corrected chi connectivity index (χ0v) is 20.8. The molecule has 0 aliphatic carbocycles. The summed E-state index contributed by atoms with van der Waals surface area (Å²) in [6.07, 6.45) is 3.60. The van der Waals surface area contributed by atoms with Gasteiger partial charge in [0.05, 0.1) is 11.0 Å². The molecule has 10 heteroatoms. The molecule has 10 nitrogen and oxygen atoms in total. The van der Waals surface area contributed by atoms with E-state index in [1.807, 2.05) is 52.0 Å². The third kappa shape index (κ3) is 5.27. The minimum absolute atomic E-state index is 0.0578. The van der Waals surface area contributed by atoms with E-state index in [1.165, 1.54) is 12.1 Å². The van der Waals surface area contributed by atoms with Crippen LogP contribution in [0, 0.1) is 17.0 Å². The number of rotatable bonds is 4. The number of ether oxygens (including phenoxy) is 1. The fraction of sp³-hybridized carbons (Fsp3) is 0.385. The van der Waals surface area contributed by atoms with E-state index in [0.717, 1.165) is 22.5 Å². The Bertz CT molecular complexity index is 1300. The Hall–Kier alpha value is -4.08. The van der Waals surface area contributed by atoms with Crippen LogP contribution in [-0.2, 0) is 4.74 Å². The van der Waals surface area contributed by atoms with Gasteiger partial charge in [-0.05, 0) is 63.6 Å². The van der Waals surface area contributed by atoms with Gasteiger partial charge in [0.15, 0.2) is 0 Å². The summed E-state index contributed by atoms with van der Waals surface area (Å²) in [5, 5.41) is 12.8. The van der Waals surface area contributed by atoms with Crippen molar-refractivity contribution in [1.82, 2.24) is 14.9 Å². The van der Waals surface area contributed by atoms with Crippen LogP contribution in [0.2, 0.25) is 0 Å². The zero-order chi connectivity index (χ0) is 26.0. The van der Waals surface area contributed by atoms with E-state index in [9.17, 15) is 19.7 Å². The second-order valence-corrected chi connectivity index (χ2v) is 9.86. The Balaban J connectivity index is 1.77. The van der Waals surface area contributed by atoms with Gasteiger partial charge < -0.3 is 9.64 Å². The number of carbonyl (C=O) groups excluding carboxylic acids is 2. The van der Waals surface area contributed by atoms with Gasteiger partial charge in [0, 0.05) is 30.7 Å². The van der Waals surface area contributed by atoms with Gasteiger partial charge in [-0.3, -0.25) is 19.8 Å². The Labute approximate surface area is 209 Å². The van der Waals surface area contributed by atoms with Crippen molar-refractivity contribution in [2.45, 2.75) is 52.2 Å². The summed E-state index contributed by atoms with van der Waals surface area (Å²) in [4.78, 5) is 49.1.